The van der Waals surface area contributed by atoms with E-state index in [1.165, 1.54) is 4.90 Å². The smallest absolute Gasteiger partial charge is 0.326 e. The van der Waals surface area contributed by atoms with Crippen LogP contribution < -0.4 is 0 Å². The molecule has 0 bridgehead atoms. The Kier molecular flexibility index (Phi) is 3.91. The van der Waals surface area contributed by atoms with Crippen LogP contribution in [0.1, 0.15) is 40.0 Å². The lowest BCUT2D eigenvalue weighted by Gasteiger charge is -2.28. The van der Waals surface area contributed by atoms with Crippen LogP contribution in [0.3, 0.4) is 0 Å². The largest absolute Gasteiger partial charge is 0.480 e. The first-order valence-corrected chi connectivity index (χ1v) is 5.88. The molecule has 0 saturated carbocycles. The predicted octanol–water partition coefficient (Wildman–Crippen LogP) is 1.07. The molecule has 1 amide bonds. The summed E-state index contributed by atoms with van der Waals surface area (Å²) < 4.78 is 0. The van der Waals surface area contributed by atoms with Crippen molar-refractivity contribution in [2.45, 2.75) is 46.1 Å². The Labute approximate surface area is 101 Å². The summed E-state index contributed by atoms with van der Waals surface area (Å²) in [4.78, 5) is 35.8. The number of carboxylic acid groups (broad SMARTS) is 1. The molecule has 0 aromatic heterocycles. The van der Waals surface area contributed by atoms with Crippen molar-refractivity contribution >= 4 is 17.7 Å². The molecule has 1 aliphatic rings. The Bertz CT molecular complexity index is 348. The van der Waals surface area contributed by atoms with Crippen LogP contribution in [-0.2, 0) is 14.4 Å². The van der Waals surface area contributed by atoms with Gasteiger partial charge < -0.3 is 10.0 Å². The van der Waals surface area contributed by atoms with E-state index in [9.17, 15) is 19.5 Å². The van der Waals surface area contributed by atoms with E-state index in [1.54, 1.807) is 0 Å². The summed E-state index contributed by atoms with van der Waals surface area (Å²) in [6.45, 7) is 5.78. The minimum atomic E-state index is -1.04. The van der Waals surface area contributed by atoms with Gasteiger partial charge in [0.1, 0.15) is 6.04 Å². The van der Waals surface area contributed by atoms with Gasteiger partial charge in [-0.05, 0) is 18.3 Å². The highest BCUT2D eigenvalue weighted by Gasteiger charge is 2.48. The highest BCUT2D eigenvalue weighted by atomic mass is 16.4. The molecule has 1 rings (SSSR count). The minimum Gasteiger partial charge on any atom is -0.480 e. The zero-order valence-corrected chi connectivity index (χ0v) is 10.5. The van der Waals surface area contributed by atoms with Gasteiger partial charge in [0.2, 0.25) is 5.78 Å². The van der Waals surface area contributed by atoms with Crippen molar-refractivity contribution in [3.63, 3.8) is 0 Å². The van der Waals surface area contributed by atoms with Crippen LogP contribution >= 0.6 is 0 Å². The number of hydrogen-bond donors (Lipinski definition) is 1. The third-order valence-corrected chi connectivity index (χ3v) is 3.26. The second-order valence-corrected chi connectivity index (χ2v) is 5.15. The fourth-order valence-corrected chi connectivity index (χ4v) is 2.28. The zero-order valence-electron chi connectivity index (χ0n) is 10.5. The van der Waals surface area contributed by atoms with E-state index in [0.717, 1.165) is 0 Å². The maximum Gasteiger partial charge on any atom is 0.326 e. The lowest BCUT2D eigenvalue weighted by Crippen LogP contribution is -2.48. The molecule has 0 aromatic carbocycles. The summed E-state index contributed by atoms with van der Waals surface area (Å²) >= 11 is 0. The molecule has 1 N–H and O–H groups in total. The summed E-state index contributed by atoms with van der Waals surface area (Å²) in [5.74, 6) is -2.17. The van der Waals surface area contributed by atoms with E-state index in [2.05, 4.69) is 0 Å². The third-order valence-electron chi connectivity index (χ3n) is 3.26. The lowest BCUT2D eigenvalue weighted by molar-refractivity contribution is -0.154. The number of hydrogen-bond acceptors (Lipinski definition) is 3. The minimum absolute atomic E-state index is 0.183. The highest BCUT2D eigenvalue weighted by molar-refractivity contribution is 6.36. The number of amides is 1. The average Bonchev–Trinajstić information content (AvgIpc) is 2.53. The van der Waals surface area contributed by atoms with Crippen molar-refractivity contribution in [3.05, 3.63) is 0 Å². The Morgan fingerprint density at radius 2 is 1.94 bits per heavy atom. The van der Waals surface area contributed by atoms with Gasteiger partial charge in [-0.25, -0.2) is 4.79 Å². The van der Waals surface area contributed by atoms with Crippen LogP contribution in [-0.4, -0.2) is 40.3 Å². The van der Waals surface area contributed by atoms with Crippen LogP contribution in [0.5, 0.6) is 0 Å². The topological polar surface area (TPSA) is 74.7 Å². The molecule has 0 aromatic rings. The van der Waals surface area contributed by atoms with Crippen LogP contribution in [0.25, 0.3) is 0 Å². The fourth-order valence-electron chi connectivity index (χ4n) is 2.28. The maximum atomic E-state index is 11.9. The molecule has 17 heavy (non-hydrogen) atoms. The van der Waals surface area contributed by atoms with Gasteiger partial charge in [0.05, 0.1) is 0 Å². The summed E-state index contributed by atoms with van der Waals surface area (Å²) in [6, 6.07) is -0.893. The van der Waals surface area contributed by atoms with E-state index in [-0.39, 0.29) is 6.42 Å². The average molecular weight is 241 g/mol. The number of nitrogens with zero attached hydrogens (tertiary/aromatic N) is 1. The first-order valence-electron chi connectivity index (χ1n) is 5.88. The van der Waals surface area contributed by atoms with Gasteiger partial charge in [0, 0.05) is 13.0 Å². The van der Waals surface area contributed by atoms with E-state index in [1.807, 2.05) is 20.8 Å². The molecule has 1 atom stereocenters. The molecule has 1 heterocycles. The molecule has 1 saturated heterocycles. The second kappa shape index (κ2) is 4.85. The Balaban J connectivity index is 2.88. The first-order chi connectivity index (χ1) is 7.81. The predicted molar refractivity (Wildman–Crippen MR) is 61.4 cm³/mol. The van der Waals surface area contributed by atoms with Crippen LogP contribution in [0.2, 0.25) is 0 Å². The van der Waals surface area contributed by atoms with Gasteiger partial charge in [-0.1, -0.05) is 20.8 Å². The standard InChI is InChI=1S/C12H19NO4/c1-4-5-8(14)10(15)13-7-6-12(2,3)9(13)11(16)17/h9H,4-7H2,1-3H3,(H,16,17). The van der Waals surface area contributed by atoms with Crippen LogP contribution in [0.4, 0.5) is 0 Å². The van der Waals surface area contributed by atoms with Crippen molar-refractivity contribution in [3.8, 4) is 0 Å². The van der Waals surface area contributed by atoms with E-state index >= 15 is 0 Å². The van der Waals surface area contributed by atoms with Gasteiger partial charge in [0.15, 0.2) is 0 Å². The van der Waals surface area contributed by atoms with Crippen LogP contribution in [0, 0.1) is 5.41 Å². The summed E-state index contributed by atoms with van der Waals surface area (Å²) in [6.07, 6.45) is 1.39. The van der Waals surface area contributed by atoms with E-state index in [0.29, 0.717) is 19.4 Å². The van der Waals surface area contributed by atoms with E-state index < -0.39 is 29.1 Å². The number of Topliss-reactive ketones (excluding diaryl/α,β-unsaturated/α-hetero) is 1. The monoisotopic (exact) mass is 241 g/mol. The van der Waals surface area contributed by atoms with Gasteiger partial charge in [0.25, 0.3) is 5.91 Å². The Morgan fingerprint density at radius 3 is 2.41 bits per heavy atom. The van der Waals surface area contributed by atoms with Crippen molar-refractivity contribution in [2.24, 2.45) is 5.41 Å². The van der Waals surface area contributed by atoms with Crippen molar-refractivity contribution in [2.75, 3.05) is 6.54 Å². The van der Waals surface area contributed by atoms with Gasteiger partial charge >= 0.3 is 5.97 Å². The molecule has 0 spiro atoms. The van der Waals surface area contributed by atoms with E-state index in [4.69, 9.17) is 0 Å². The van der Waals surface area contributed by atoms with Gasteiger partial charge in [-0.15, -0.1) is 0 Å². The highest BCUT2D eigenvalue weighted by Crippen LogP contribution is 2.36. The maximum absolute atomic E-state index is 11.9. The molecule has 0 radical (unpaired) electrons. The van der Waals surface area contributed by atoms with Crippen LogP contribution in [0.15, 0.2) is 0 Å². The number of carbonyl (C=O) groups excluding carboxylic acids is 2. The second-order valence-electron chi connectivity index (χ2n) is 5.15. The number of carboxylic acids is 1. The number of ketones is 1. The number of aliphatic carboxylic acids is 1. The van der Waals surface area contributed by atoms with Crippen molar-refractivity contribution in [1.82, 2.24) is 4.90 Å². The molecule has 1 unspecified atom stereocenters. The Hall–Kier alpha value is -1.39. The molecular weight excluding hydrogens is 222 g/mol. The summed E-state index contributed by atoms with van der Waals surface area (Å²) in [7, 11) is 0. The first kappa shape index (κ1) is 13.7. The number of likely N-dealkylation sites (tertiary alicyclic amines) is 1. The summed E-state index contributed by atoms with van der Waals surface area (Å²) in [5.41, 5.74) is -0.478. The molecule has 1 fully saturated rings. The normalized spacial score (nSPS) is 22.5. The van der Waals surface area contributed by atoms with Crippen molar-refractivity contribution in [1.29, 1.82) is 0 Å². The summed E-state index contributed by atoms with van der Waals surface area (Å²) in [5, 5.41) is 9.17. The fraction of sp³-hybridized carbons (Fsp3) is 0.750. The zero-order chi connectivity index (χ0) is 13.2. The molecule has 5 nitrogen and oxygen atoms in total. The Morgan fingerprint density at radius 1 is 1.35 bits per heavy atom. The molecular formula is C12H19NO4. The SMILES string of the molecule is CCCC(=O)C(=O)N1CCC(C)(C)C1C(=O)O. The quantitative estimate of drug-likeness (QED) is 0.747. The molecule has 5 heteroatoms. The molecule has 96 valence electrons. The number of rotatable bonds is 4. The number of carbonyl (C=O) groups is 3. The lowest BCUT2D eigenvalue weighted by atomic mass is 9.85. The third kappa shape index (κ3) is 2.65. The molecule has 1 aliphatic heterocycles. The molecule has 0 aliphatic carbocycles. The van der Waals surface area contributed by atoms with Gasteiger partial charge in [-0.3, -0.25) is 9.59 Å². The van der Waals surface area contributed by atoms with Crippen molar-refractivity contribution < 1.29 is 19.5 Å². The van der Waals surface area contributed by atoms with Gasteiger partial charge in [-0.2, -0.15) is 0 Å².